The van der Waals surface area contributed by atoms with Gasteiger partial charge in [-0.1, -0.05) is 18.2 Å². The second-order valence-corrected chi connectivity index (χ2v) is 5.42. The molecule has 0 aliphatic rings. The first-order valence-corrected chi connectivity index (χ1v) is 7.68. The van der Waals surface area contributed by atoms with Gasteiger partial charge in [-0.25, -0.2) is 4.98 Å². The van der Waals surface area contributed by atoms with E-state index in [9.17, 15) is 14.9 Å². The van der Waals surface area contributed by atoms with Crippen LogP contribution in [-0.2, 0) is 4.79 Å². The number of amides is 1. The van der Waals surface area contributed by atoms with Gasteiger partial charge in [0.2, 0.25) is 0 Å². The van der Waals surface area contributed by atoms with E-state index in [1.807, 2.05) is 6.07 Å². The molecule has 3 aromatic rings. The number of nitrogens with zero attached hydrogens (tertiary/aromatic N) is 3. The number of aromatic nitrogens is 3. The summed E-state index contributed by atoms with van der Waals surface area (Å²) in [7, 11) is 0. The molecular weight excluding hydrogens is 338 g/mol. The minimum absolute atomic E-state index is 0.0996. The van der Waals surface area contributed by atoms with Crippen molar-refractivity contribution in [1.29, 1.82) is 0 Å². The highest BCUT2D eigenvalue weighted by Gasteiger charge is 2.10. The summed E-state index contributed by atoms with van der Waals surface area (Å²) in [5.74, 6) is 1.09. The predicted molar refractivity (Wildman–Crippen MR) is 93.8 cm³/mol. The van der Waals surface area contributed by atoms with Crippen molar-refractivity contribution in [2.24, 2.45) is 0 Å². The van der Waals surface area contributed by atoms with Gasteiger partial charge in [0, 0.05) is 17.3 Å². The molecule has 0 saturated heterocycles. The molecule has 1 amide bonds. The molecular formula is C17H15N5O4. The quantitative estimate of drug-likeness (QED) is 0.519. The summed E-state index contributed by atoms with van der Waals surface area (Å²) in [5.41, 5.74) is 1.22. The number of carbonyl (C=O) groups excluding carboxylic acids is 1. The number of nitro benzene ring substituents is 1. The zero-order valence-corrected chi connectivity index (χ0v) is 13.8. The van der Waals surface area contributed by atoms with Gasteiger partial charge in [-0.2, -0.15) is 5.10 Å². The topological polar surface area (TPSA) is 123 Å². The molecule has 26 heavy (non-hydrogen) atoms. The number of nitrogens with one attached hydrogen (secondary N) is 2. The number of H-pyrrole nitrogens is 1. The number of anilines is 1. The molecule has 0 spiro atoms. The third-order valence-corrected chi connectivity index (χ3v) is 3.40. The Kier molecular flexibility index (Phi) is 4.88. The van der Waals surface area contributed by atoms with Crippen LogP contribution in [0.15, 0.2) is 48.5 Å². The van der Waals surface area contributed by atoms with Crippen molar-refractivity contribution in [2.45, 2.75) is 6.92 Å². The summed E-state index contributed by atoms with van der Waals surface area (Å²) in [6.45, 7) is 1.53. The van der Waals surface area contributed by atoms with Crippen LogP contribution in [-0.4, -0.2) is 32.6 Å². The molecule has 0 aliphatic carbocycles. The number of hydrogen-bond donors (Lipinski definition) is 2. The second kappa shape index (κ2) is 7.43. The van der Waals surface area contributed by atoms with E-state index in [4.69, 9.17) is 4.74 Å². The van der Waals surface area contributed by atoms with Crippen LogP contribution in [0.25, 0.3) is 11.4 Å². The van der Waals surface area contributed by atoms with Crippen molar-refractivity contribution < 1.29 is 14.5 Å². The molecule has 0 unspecified atom stereocenters. The van der Waals surface area contributed by atoms with Crippen LogP contribution in [0.5, 0.6) is 5.75 Å². The first kappa shape index (κ1) is 17.1. The molecule has 9 nitrogen and oxygen atoms in total. The SMILES string of the molecule is Cc1nc(-c2cccc(NC(=O)COc3cccc([N+](=O)[O-])c3)c2)n[nH]1. The van der Waals surface area contributed by atoms with E-state index in [1.54, 1.807) is 31.2 Å². The van der Waals surface area contributed by atoms with E-state index in [0.717, 1.165) is 5.56 Å². The number of rotatable bonds is 6. The monoisotopic (exact) mass is 353 g/mol. The molecule has 2 N–H and O–H groups in total. The average molecular weight is 353 g/mol. The number of hydrogen-bond acceptors (Lipinski definition) is 6. The lowest BCUT2D eigenvalue weighted by Crippen LogP contribution is -2.20. The Hall–Kier alpha value is -3.75. The molecule has 0 saturated carbocycles. The summed E-state index contributed by atoms with van der Waals surface area (Å²) in [6, 6.07) is 12.7. The molecule has 1 heterocycles. The number of ether oxygens (including phenoxy) is 1. The first-order valence-electron chi connectivity index (χ1n) is 7.68. The summed E-state index contributed by atoms with van der Waals surface area (Å²) in [6.07, 6.45) is 0. The Morgan fingerprint density at radius 3 is 2.81 bits per heavy atom. The Morgan fingerprint density at radius 1 is 1.27 bits per heavy atom. The van der Waals surface area contributed by atoms with Crippen molar-refractivity contribution in [3.8, 4) is 17.1 Å². The normalized spacial score (nSPS) is 10.3. The predicted octanol–water partition coefficient (Wildman–Crippen LogP) is 2.71. The molecule has 2 aromatic carbocycles. The lowest BCUT2D eigenvalue weighted by atomic mass is 10.2. The standard InChI is InChI=1S/C17H15N5O4/c1-11-18-17(21-20-11)12-4-2-5-13(8-12)19-16(23)10-26-15-7-3-6-14(9-15)22(24)25/h2-9H,10H2,1H3,(H,19,23)(H,18,20,21). The summed E-state index contributed by atoms with van der Waals surface area (Å²) >= 11 is 0. The Morgan fingerprint density at radius 2 is 2.08 bits per heavy atom. The molecule has 0 aliphatic heterocycles. The highest BCUT2D eigenvalue weighted by molar-refractivity contribution is 5.92. The Bertz CT molecular complexity index is 954. The van der Waals surface area contributed by atoms with Crippen LogP contribution in [0.1, 0.15) is 5.82 Å². The zero-order chi connectivity index (χ0) is 18.5. The van der Waals surface area contributed by atoms with E-state index in [2.05, 4.69) is 20.5 Å². The van der Waals surface area contributed by atoms with Gasteiger partial charge in [0.25, 0.3) is 11.6 Å². The highest BCUT2D eigenvalue weighted by atomic mass is 16.6. The van der Waals surface area contributed by atoms with Crippen LogP contribution in [0.4, 0.5) is 11.4 Å². The molecule has 0 radical (unpaired) electrons. The third kappa shape index (κ3) is 4.20. The number of benzene rings is 2. The largest absolute Gasteiger partial charge is 0.484 e. The molecule has 3 rings (SSSR count). The van der Waals surface area contributed by atoms with Gasteiger partial charge < -0.3 is 10.1 Å². The highest BCUT2D eigenvalue weighted by Crippen LogP contribution is 2.20. The minimum Gasteiger partial charge on any atom is -0.484 e. The summed E-state index contributed by atoms with van der Waals surface area (Å²) < 4.78 is 5.30. The fraction of sp³-hybridized carbons (Fsp3) is 0.118. The van der Waals surface area contributed by atoms with Crippen molar-refractivity contribution in [1.82, 2.24) is 15.2 Å². The zero-order valence-electron chi connectivity index (χ0n) is 13.8. The molecule has 132 valence electrons. The first-order chi connectivity index (χ1) is 12.5. The van der Waals surface area contributed by atoms with E-state index in [-0.39, 0.29) is 24.0 Å². The van der Waals surface area contributed by atoms with E-state index >= 15 is 0 Å². The van der Waals surface area contributed by atoms with Crippen molar-refractivity contribution in [3.05, 3.63) is 64.5 Å². The Labute approximate surface area is 148 Å². The van der Waals surface area contributed by atoms with Gasteiger partial charge in [-0.3, -0.25) is 20.0 Å². The van der Waals surface area contributed by atoms with Gasteiger partial charge in [0.1, 0.15) is 11.6 Å². The number of nitro groups is 1. The fourth-order valence-corrected chi connectivity index (χ4v) is 2.24. The number of carbonyl (C=O) groups is 1. The number of aromatic amines is 1. The maximum absolute atomic E-state index is 12.0. The average Bonchev–Trinajstić information content (AvgIpc) is 3.07. The van der Waals surface area contributed by atoms with Gasteiger partial charge in [-0.15, -0.1) is 0 Å². The van der Waals surface area contributed by atoms with Crippen molar-refractivity contribution >= 4 is 17.3 Å². The van der Waals surface area contributed by atoms with Gasteiger partial charge in [0.05, 0.1) is 11.0 Å². The minimum atomic E-state index is -0.525. The molecule has 0 atom stereocenters. The summed E-state index contributed by atoms with van der Waals surface area (Å²) in [5, 5.41) is 20.3. The molecule has 0 fully saturated rings. The third-order valence-electron chi connectivity index (χ3n) is 3.40. The summed E-state index contributed by atoms with van der Waals surface area (Å²) in [4.78, 5) is 26.5. The van der Waals surface area contributed by atoms with E-state index in [0.29, 0.717) is 17.3 Å². The van der Waals surface area contributed by atoms with E-state index < -0.39 is 4.92 Å². The maximum Gasteiger partial charge on any atom is 0.273 e. The lowest BCUT2D eigenvalue weighted by molar-refractivity contribution is -0.384. The van der Waals surface area contributed by atoms with Gasteiger partial charge >= 0.3 is 0 Å². The van der Waals surface area contributed by atoms with Crippen LogP contribution in [0.3, 0.4) is 0 Å². The fourth-order valence-electron chi connectivity index (χ4n) is 2.24. The van der Waals surface area contributed by atoms with Crippen LogP contribution in [0, 0.1) is 17.0 Å². The smallest absolute Gasteiger partial charge is 0.273 e. The lowest BCUT2D eigenvalue weighted by Gasteiger charge is -2.08. The molecule has 0 bridgehead atoms. The van der Waals surface area contributed by atoms with Gasteiger partial charge in [-0.05, 0) is 25.1 Å². The number of non-ortho nitro benzene ring substituents is 1. The van der Waals surface area contributed by atoms with Gasteiger partial charge in [0.15, 0.2) is 12.4 Å². The van der Waals surface area contributed by atoms with Crippen LogP contribution in [0.2, 0.25) is 0 Å². The second-order valence-electron chi connectivity index (χ2n) is 5.42. The van der Waals surface area contributed by atoms with Crippen molar-refractivity contribution in [3.63, 3.8) is 0 Å². The Balaban J connectivity index is 1.62. The van der Waals surface area contributed by atoms with Crippen LogP contribution >= 0.6 is 0 Å². The molecule has 9 heteroatoms. The molecule has 1 aromatic heterocycles. The van der Waals surface area contributed by atoms with Crippen LogP contribution < -0.4 is 10.1 Å². The van der Waals surface area contributed by atoms with E-state index in [1.165, 1.54) is 18.2 Å². The number of aryl methyl sites for hydroxylation is 1. The van der Waals surface area contributed by atoms with Crippen molar-refractivity contribution in [2.75, 3.05) is 11.9 Å². The maximum atomic E-state index is 12.0.